The molecule has 68 valence electrons. The van der Waals surface area contributed by atoms with Crippen molar-refractivity contribution in [2.45, 2.75) is 46.1 Å². The molecule has 0 atom stereocenters. The first-order chi connectivity index (χ1) is 5.41. The zero-order chi connectivity index (χ0) is 9.35. The van der Waals surface area contributed by atoms with Crippen molar-refractivity contribution in [2.75, 3.05) is 0 Å². The van der Waals surface area contributed by atoms with Crippen molar-refractivity contribution < 1.29 is 0 Å². The molecule has 0 aliphatic heterocycles. The molecule has 0 saturated carbocycles. The van der Waals surface area contributed by atoms with E-state index in [2.05, 4.69) is 44.7 Å². The van der Waals surface area contributed by atoms with Crippen LogP contribution >= 0.6 is 0 Å². The monoisotopic (exact) mass is 167 g/mol. The maximum atomic E-state index is 4.39. The molecule has 0 unspecified atom stereocenters. The molecule has 0 aliphatic rings. The van der Waals surface area contributed by atoms with Gasteiger partial charge < -0.3 is 0 Å². The largest absolute Gasteiger partial charge is 0.247 e. The van der Waals surface area contributed by atoms with Crippen molar-refractivity contribution in [1.82, 2.24) is 14.8 Å². The highest BCUT2D eigenvalue weighted by Crippen LogP contribution is 2.14. The van der Waals surface area contributed by atoms with Gasteiger partial charge in [-0.05, 0) is 20.8 Å². The normalized spacial score (nSPS) is 12.5. The average Bonchev–Trinajstić information content (AvgIpc) is 2.30. The van der Waals surface area contributed by atoms with Gasteiger partial charge in [0.2, 0.25) is 0 Å². The molecule has 1 aromatic heterocycles. The summed E-state index contributed by atoms with van der Waals surface area (Å²) < 4.78 is 1.91. The molecule has 0 amide bonds. The summed E-state index contributed by atoms with van der Waals surface area (Å²) >= 11 is 0. The molecule has 0 saturated heterocycles. The van der Waals surface area contributed by atoms with Crippen LogP contribution < -0.4 is 0 Å². The number of nitrogens with zero attached hydrogens (tertiary/aromatic N) is 3. The van der Waals surface area contributed by atoms with E-state index in [0.717, 1.165) is 5.82 Å². The lowest BCUT2D eigenvalue weighted by molar-refractivity contribution is 0.351. The molecule has 0 N–H and O–H groups in total. The smallest absolute Gasteiger partial charge is 0.153 e. The van der Waals surface area contributed by atoms with Crippen molar-refractivity contribution >= 4 is 0 Å². The van der Waals surface area contributed by atoms with Crippen LogP contribution in [0.1, 0.15) is 46.4 Å². The molecule has 12 heavy (non-hydrogen) atoms. The van der Waals surface area contributed by atoms with Gasteiger partial charge in [-0.2, -0.15) is 5.10 Å². The predicted molar refractivity (Wildman–Crippen MR) is 49.1 cm³/mol. The van der Waals surface area contributed by atoms with Gasteiger partial charge in [0.25, 0.3) is 0 Å². The highest BCUT2D eigenvalue weighted by atomic mass is 15.4. The van der Waals surface area contributed by atoms with Crippen LogP contribution in [0, 0.1) is 0 Å². The van der Waals surface area contributed by atoms with E-state index in [1.165, 1.54) is 0 Å². The van der Waals surface area contributed by atoms with Crippen LogP contribution in [0.15, 0.2) is 6.33 Å². The van der Waals surface area contributed by atoms with E-state index in [-0.39, 0.29) is 5.54 Å². The van der Waals surface area contributed by atoms with Crippen LogP contribution in [0.4, 0.5) is 0 Å². The fourth-order valence-electron chi connectivity index (χ4n) is 0.864. The average molecular weight is 167 g/mol. The Balaban J connectivity index is 2.92. The minimum Gasteiger partial charge on any atom is -0.247 e. The molecule has 1 rings (SSSR count). The molecule has 0 fully saturated rings. The van der Waals surface area contributed by atoms with E-state index in [1.807, 2.05) is 4.68 Å². The first-order valence-electron chi connectivity index (χ1n) is 4.33. The molecule has 0 spiro atoms. The summed E-state index contributed by atoms with van der Waals surface area (Å²) in [5.74, 6) is 1.33. The molecule has 1 heterocycles. The van der Waals surface area contributed by atoms with Gasteiger partial charge in [-0.3, -0.25) is 0 Å². The number of hydrogen-bond acceptors (Lipinski definition) is 2. The number of aromatic nitrogens is 3. The minimum absolute atomic E-state index is 0.0418. The van der Waals surface area contributed by atoms with Gasteiger partial charge in [-0.1, -0.05) is 13.8 Å². The predicted octanol–water partition coefficient (Wildman–Crippen LogP) is 2.16. The molecule has 3 heteroatoms. The highest BCUT2D eigenvalue weighted by Gasteiger charge is 2.15. The van der Waals surface area contributed by atoms with Crippen molar-refractivity contribution in [1.29, 1.82) is 0 Å². The molecular weight excluding hydrogens is 150 g/mol. The second kappa shape index (κ2) is 2.88. The van der Waals surface area contributed by atoms with Crippen molar-refractivity contribution in [3.05, 3.63) is 12.2 Å². The zero-order valence-electron chi connectivity index (χ0n) is 8.50. The maximum Gasteiger partial charge on any atom is 0.153 e. The summed E-state index contributed by atoms with van der Waals surface area (Å²) in [5, 5.41) is 4.39. The van der Waals surface area contributed by atoms with Crippen LogP contribution in [-0.2, 0) is 5.54 Å². The van der Waals surface area contributed by atoms with E-state index >= 15 is 0 Å². The van der Waals surface area contributed by atoms with E-state index < -0.39 is 0 Å². The Morgan fingerprint density at radius 3 is 2.17 bits per heavy atom. The van der Waals surface area contributed by atoms with Gasteiger partial charge in [0.1, 0.15) is 6.33 Å². The third-order valence-electron chi connectivity index (χ3n) is 1.71. The molecule has 0 aliphatic carbocycles. The van der Waals surface area contributed by atoms with Crippen molar-refractivity contribution in [3.8, 4) is 0 Å². The Kier molecular flexibility index (Phi) is 2.22. The quantitative estimate of drug-likeness (QED) is 0.641. The molecule has 1 aromatic rings. The van der Waals surface area contributed by atoms with Crippen LogP contribution in [-0.4, -0.2) is 14.8 Å². The topological polar surface area (TPSA) is 30.7 Å². The second-order valence-electron chi connectivity index (χ2n) is 4.37. The standard InChI is InChI=1S/C9H17N3/c1-7(2)8-10-6-12(11-8)9(3,4)5/h6-7H,1-5H3. The lowest BCUT2D eigenvalue weighted by Gasteiger charge is -2.17. The Labute approximate surface area is 73.8 Å². The van der Waals surface area contributed by atoms with E-state index in [1.54, 1.807) is 6.33 Å². The highest BCUT2D eigenvalue weighted by molar-refractivity contribution is 4.90. The lowest BCUT2D eigenvalue weighted by Crippen LogP contribution is -2.22. The van der Waals surface area contributed by atoms with Crippen molar-refractivity contribution in [3.63, 3.8) is 0 Å². The first kappa shape index (κ1) is 9.23. The molecule has 3 nitrogen and oxygen atoms in total. The zero-order valence-corrected chi connectivity index (χ0v) is 8.50. The van der Waals surface area contributed by atoms with Gasteiger partial charge in [-0.15, -0.1) is 0 Å². The van der Waals surface area contributed by atoms with Crippen LogP contribution in [0.2, 0.25) is 0 Å². The fourth-order valence-corrected chi connectivity index (χ4v) is 0.864. The lowest BCUT2D eigenvalue weighted by atomic mass is 10.1. The van der Waals surface area contributed by atoms with Gasteiger partial charge in [0.05, 0.1) is 5.54 Å². The summed E-state index contributed by atoms with van der Waals surface area (Å²) in [7, 11) is 0. The van der Waals surface area contributed by atoms with Crippen LogP contribution in [0.3, 0.4) is 0 Å². The van der Waals surface area contributed by atoms with Gasteiger partial charge in [0, 0.05) is 5.92 Å². The molecule has 0 radical (unpaired) electrons. The van der Waals surface area contributed by atoms with E-state index in [9.17, 15) is 0 Å². The van der Waals surface area contributed by atoms with Crippen LogP contribution in [0.25, 0.3) is 0 Å². The Morgan fingerprint density at radius 1 is 1.33 bits per heavy atom. The fraction of sp³-hybridized carbons (Fsp3) is 0.778. The minimum atomic E-state index is 0.0418. The Morgan fingerprint density at radius 2 is 1.92 bits per heavy atom. The van der Waals surface area contributed by atoms with E-state index in [0.29, 0.717) is 5.92 Å². The first-order valence-corrected chi connectivity index (χ1v) is 4.33. The van der Waals surface area contributed by atoms with Gasteiger partial charge in [-0.25, -0.2) is 9.67 Å². The molecule has 0 bridgehead atoms. The van der Waals surface area contributed by atoms with Gasteiger partial charge >= 0.3 is 0 Å². The molecule has 0 aromatic carbocycles. The SMILES string of the molecule is CC(C)c1ncn(C(C)(C)C)n1. The summed E-state index contributed by atoms with van der Waals surface area (Å²) in [5.41, 5.74) is 0.0418. The summed E-state index contributed by atoms with van der Waals surface area (Å²) in [4.78, 5) is 4.23. The third kappa shape index (κ3) is 1.84. The Hall–Kier alpha value is -0.860. The summed E-state index contributed by atoms with van der Waals surface area (Å²) in [6, 6.07) is 0. The second-order valence-corrected chi connectivity index (χ2v) is 4.37. The van der Waals surface area contributed by atoms with Crippen LogP contribution in [0.5, 0.6) is 0 Å². The maximum absolute atomic E-state index is 4.39. The van der Waals surface area contributed by atoms with E-state index in [4.69, 9.17) is 0 Å². The van der Waals surface area contributed by atoms with Gasteiger partial charge in [0.15, 0.2) is 5.82 Å². The van der Waals surface area contributed by atoms with Crippen molar-refractivity contribution in [2.24, 2.45) is 0 Å². The number of rotatable bonds is 1. The number of hydrogen-bond donors (Lipinski definition) is 0. The summed E-state index contributed by atoms with van der Waals surface area (Å²) in [6.45, 7) is 10.5. The molecular formula is C9H17N3. The summed E-state index contributed by atoms with van der Waals surface area (Å²) in [6.07, 6.45) is 1.80. The Bertz CT molecular complexity index is 255. The third-order valence-corrected chi connectivity index (χ3v) is 1.71.